The lowest BCUT2D eigenvalue weighted by molar-refractivity contribution is 0.0605. The largest absolute Gasteiger partial charge is 0.465 e. The fourth-order valence-corrected chi connectivity index (χ4v) is 3.49. The summed E-state index contributed by atoms with van der Waals surface area (Å²) in [5.41, 5.74) is 0.647. The minimum absolute atomic E-state index is 0.0560. The highest BCUT2D eigenvalue weighted by molar-refractivity contribution is 7.12. The molecule has 1 aromatic rings. The van der Waals surface area contributed by atoms with Crippen molar-refractivity contribution in [2.45, 2.75) is 25.0 Å². The zero-order chi connectivity index (χ0) is 12.9. The molecule has 2 fully saturated rings. The molecule has 98 valence electrons. The van der Waals surface area contributed by atoms with Crippen LogP contribution in [-0.2, 0) is 9.47 Å². The van der Waals surface area contributed by atoms with E-state index in [1.165, 1.54) is 23.5 Å². The lowest BCUT2D eigenvalue weighted by Gasteiger charge is -2.17. The van der Waals surface area contributed by atoms with Crippen LogP contribution in [-0.4, -0.2) is 37.5 Å². The Kier molecular flexibility index (Phi) is 2.62. The van der Waals surface area contributed by atoms with Crippen LogP contribution < -0.4 is 5.06 Å². The summed E-state index contributed by atoms with van der Waals surface area (Å²) in [6, 6.07) is 1.80. The number of carbonyl (C=O) groups is 1. The molecule has 0 aliphatic heterocycles. The highest BCUT2D eigenvalue weighted by atomic mass is 32.1. The molecule has 2 aliphatic rings. The number of rotatable bonds is 4. The molecular formula is C12H15NO4S. The fourth-order valence-electron chi connectivity index (χ4n) is 2.70. The van der Waals surface area contributed by atoms with Gasteiger partial charge >= 0.3 is 5.97 Å². The van der Waals surface area contributed by atoms with Crippen molar-refractivity contribution in [1.29, 1.82) is 0 Å². The molecule has 1 N–H and O–H groups in total. The molecule has 0 radical (unpaired) electrons. The lowest BCUT2D eigenvalue weighted by atomic mass is 10.3. The monoisotopic (exact) mass is 269 g/mol. The molecule has 6 heteroatoms. The third-order valence-corrected chi connectivity index (χ3v) is 4.85. The molecule has 3 rings (SSSR count). The lowest BCUT2D eigenvalue weighted by Crippen LogP contribution is -2.24. The van der Waals surface area contributed by atoms with Gasteiger partial charge in [-0.05, 0) is 24.3 Å². The maximum absolute atomic E-state index is 11.6. The van der Waals surface area contributed by atoms with E-state index in [2.05, 4.69) is 0 Å². The summed E-state index contributed by atoms with van der Waals surface area (Å²) in [4.78, 5) is 12.0. The van der Waals surface area contributed by atoms with E-state index in [-0.39, 0.29) is 17.6 Å². The van der Waals surface area contributed by atoms with Crippen LogP contribution in [0.3, 0.4) is 0 Å². The molecule has 0 bridgehead atoms. The van der Waals surface area contributed by atoms with Crippen molar-refractivity contribution in [2.24, 2.45) is 5.41 Å². The average Bonchev–Trinajstić information content (AvgIpc) is 3.23. The number of esters is 1. The van der Waals surface area contributed by atoms with Crippen molar-refractivity contribution in [3.63, 3.8) is 0 Å². The summed E-state index contributed by atoms with van der Waals surface area (Å²) < 4.78 is 10.0. The maximum Gasteiger partial charge on any atom is 0.350 e. The van der Waals surface area contributed by atoms with Crippen molar-refractivity contribution in [2.75, 3.05) is 19.3 Å². The Morgan fingerprint density at radius 2 is 2.33 bits per heavy atom. The molecule has 0 amide bonds. The topological polar surface area (TPSA) is 59.0 Å². The van der Waals surface area contributed by atoms with Gasteiger partial charge < -0.3 is 9.47 Å². The Morgan fingerprint density at radius 1 is 1.56 bits per heavy atom. The van der Waals surface area contributed by atoms with E-state index < -0.39 is 5.97 Å². The summed E-state index contributed by atoms with van der Waals surface area (Å²) >= 11 is 1.28. The van der Waals surface area contributed by atoms with Crippen molar-refractivity contribution >= 4 is 23.0 Å². The molecule has 18 heavy (non-hydrogen) atoms. The van der Waals surface area contributed by atoms with Gasteiger partial charge in [-0.2, -0.15) is 0 Å². The number of anilines is 1. The van der Waals surface area contributed by atoms with E-state index in [1.54, 1.807) is 18.6 Å². The van der Waals surface area contributed by atoms with Gasteiger partial charge in [0.2, 0.25) is 0 Å². The van der Waals surface area contributed by atoms with Gasteiger partial charge in [0.25, 0.3) is 0 Å². The Hall–Kier alpha value is -1.11. The summed E-state index contributed by atoms with van der Waals surface area (Å²) in [6.07, 6.45) is 2.15. The van der Waals surface area contributed by atoms with E-state index in [0.29, 0.717) is 10.6 Å². The number of ether oxygens (including phenoxy) is 2. The number of hydrogen-bond acceptors (Lipinski definition) is 6. The number of hydroxylamine groups is 1. The highest BCUT2D eigenvalue weighted by Crippen LogP contribution is 2.69. The number of methoxy groups -OCH3 is 2. The molecule has 3 unspecified atom stereocenters. The Labute approximate surface area is 109 Å². The molecule has 0 aromatic carbocycles. The summed E-state index contributed by atoms with van der Waals surface area (Å²) in [7, 11) is 3.04. The third kappa shape index (κ3) is 1.56. The van der Waals surface area contributed by atoms with Gasteiger partial charge in [-0.25, -0.2) is 4.79 Å². The predicted octanol–water partition coefficient (Wildman–Crippen LogP) is 1.91. The number of hydrogen-bond donors (Lipinski definition) is 1. The van der Waals surface area contributed by atoms with Crippen LogP contribution in [0.4, 0.5) is 5.69 Å². The molecule has 2 aliphatic carbocycles. The van der Waals surface area contributed by atoms with Gasteiger partial charge in [0.1, 0.15) is 4.88 Å². The third-order valence-electron chi connectivity index (χ3n) is 3.97. The first-order valence-electron chi connectivity index (χ1n) is 5.81. The van der Waals surface area contributed by atoms with Crippen LogP contribution in [0.2, 0.25) is 0 Å². The smallest absolute Gasteiger partial charge is 0.350 e. The number of thiophene rings is 1. The second-order valence-corrected chi connectivity index (χ2v) is 5.77. The SMILES string of the molecule is COC(=O)c1sccc1N(O)C1CC12CC2OC. The van der Waals surface area contributed by atoms with Gasteiger partial charge in [0.15, 0.2) is 0 Å². The van der Waals surface area contributed by atoms with Crippen LogP contribution in [0.5, 0.6) is 0 Å². The van der Waals surface area contributed by atoms with Gasteiger partial charge in [-0.3, -0.25) is 10.3 Å². The zero-order valence-corrected chi connectivity index (χ0v) is 11.1. The maximum atomic E-state index is 11.6. The summed E-state index contributed by atoms with van der Waals surface area (Å²) in [5.74, 6) is -0.409. The first-order chi connectivity index (χ1) is 8.64. The predicted molar refractivity (Wildman–Crippen MR) is 66.2 cm³/mol. The second kappa shape index (κ2) is 3.94. The number of nitrogens with zero attached hydrogens (tertiary/aromatic N) is 1. The van der Waals surface area contributed by atoms with E-state index >= 15 is 0 Å². The number of carbonyl (C=O) groups excluding carboxylic acids is 1. The van der Waals surface area contributed by atoms with Crippen LogP contribution >= 0.6 is 11.3 Å². The molecule has 1 spiro atoms. The summed E-state index contributed by atoms with van der Waals surface area (Å²) in [6.45, 7) is 0. The standard InChI is InChI=1S/C12H15NO4S/c1-16-9-6-12(9)5-8(12)13(15)7-3-4-18-10(7)11(14)17-2/h3-4,8-9,15H,5-6H2,1-2H3. The van der Waals surface area contributed by atoms with Crippen LogP contribution in [0, 0.1) is 5.41 Å². The van der Waals surface area contributed by atoms with E-state index in [4.69, 9.17) is 9.47 Å². The van der Waals surface area contributed by atoms with Crippen molar-refractivity contribution in [3.8, 4) is 0 Å². The molecule has 3 atom stereocenters. The minimum Gasteiger partial charge on any atom is -0.465 e. The van der Waals surface area contributed by atoms with Crippen LogP contribution in [0.15, 0.2) is 11.4 Å². The van der Waals surface area contributed by atoms with Gasteiger partial charge in [0.05, 0.1) is 24.9 Å². The first kappa shape index (κ1) is 12.0. The van der Waals surface area contributed by atoms with Crippen LogP contribution in [0.25, 0.3) is 0 Å². The molecule has 1 aromatic heterocycles. The molecule has 5 nitrogen and oxygen atoms in total. The molecule has 1 heterocycles. The quantitative estimate of drug-likeness (QED) is 0.668. The zero-order valence-electron chi connectivity index (χ0n) is 10.3. The average molecular weight is 269 g/mol. The van der Waals surface area contributed by atoms with Gasteiger partial charge in [-0.1, -0.05) is 0 Å². The molecule has 2 saturated carbocycles. The van der Waals surface area contributed by atoms with Crippen molar-refractivity contribution in [3.05, 3.63) is 16.3 Å². The van der Waals surface area contributed by atoms with E-state index in [9.17, 15) is 10.0 Å². The highest BCUT2D eigenvalue weighted by Gasteiger charge is 2.73. The van der Waals surface area contributed by atoms with Crippen LogP contribution in [0.1, 0.15) is 22.5 Å². The van der Waals surface area contributed by atoms with Crippen molar-refractivity contribution in [1.82, 2.24) is 0 Å². The fraction of sp³-hybridized carbons (Fsp3) is 0.583. The molecule has 0 saturated heterocycles. The summed E-state index contributed by atoms with van der Waals surface area (Å²) in [5, 5.41) is 13.2. The first-order valence-corrected chi connectivity index (χ1v) is 6.68. The molecular weight excluding hydrogens is 254 g/mol. The van der Waals surface area contributed by atoms with Crippen molar-refractivity contribution < 1.29 is 19.5 Å². The normalized spacial score (nSPS) is 32.4. The Bertz CT molecular complexity index is 488. The van der Waals surface area contributed by atoms with Gasteiger partial charge in [0, 0.05) is 12.5 Å². The second-order valence-electron chi connectivity index (χ2n) is 4.85. The van der Waals surface area contributed by atoms with Gasteiger partial charge in [-0.15, -0.1) is 11.3 Å². The Morgan fingerprint density at radius 3 is 2.94 bits per heavy atom. The minimum atomic E-state index is -0.409. The Balaban J connectivity index is 1.77. The van der Waals surface area contributed by atoms with E-state index in [1.807, 2.05) is 0 Å². The van der Waals surface area contributed by atoms with E-state index in [0.717, 1.165) is 12.8 Å².